The van der Waals surface area contributed by atoms with Crippen molar-refractivity contribution in [2.45, 2.75) is 26.7 Å². The topological polar surface area (TPSA) is 66.5 Å². The van der Waals surface area contributed by atoms with E-state index in [9.17, 15) is 13.2 Å². The summed E-state index contributed by atoms with van der Waals surface area (Å²) in [5.41, 5.74) is 0. The van der Waals surface area contributed by atoms with Gasteiger partial charge in [-0.3, -0.25) is 4.79 Å². The first-order valence-electron chi connectivity index (χ1n) is 5.22. The van der Waals surface area contributed by atoms with E-state index >= 15 is 0 Å². The number of carbonyl (C=O) groups excluding carboxylic acids is 1. The molecule has 15 heavy (non-hydrogen) atoms. The van der Waals surface area contributed by atoms with E-state index in [1.54, 1.807) is 13.8 Å². The third kappa shape index (κ3) is 3.25. The van der Waals surface area contributed by atoms with Crippen molar-refractivity contribution in [3.63, 3.8) is 0 Å². The molecule has 88 valence electrons. The molecule has 1 aliphatic rings. The molecular formula is C9H18N2O3S. The molecule has 0 aliphatic carbocycles. The smallest absolute Gasteiger partial charge is 0.279 e. The summed E-state index contributed by atoms with van der Waals surface area (Å²) in [5.74, 6) is 0.202. The van der Waals surface area contributed by atoms with Crippen LogP contribution in [-0.4, -0.2) is 38.1 Å². The van der Waals surface area contributed by atoms with Gasteiger partial charge in [0.1, 0.15) is 5.78 Å². The molecule has 1 saturated heterocycles. The van der Waals surface area contributed by atoms with Crippen molar-refractivity contribution in [3.05, 3.63) is 0 Å². The second kappa shape index (κ2) is 5.05. The summed E-state index contributed by atoms with van der Waals surface area (Å²) < 4.78 is 27.0. The van der Waals surface area contributed by atoms with Crippen LogP contribution in [0, 0.1) is 5.92 Å². The van der Waals surface area contributed by atoms with Crippen LogP contribution < -0.4 is 4.72 Å². The molecule has 1 rings (SSSR count). The number of rotatable bonds is 4. The van der Waals surface area contributed by atoms with Gasteiger partial charge in [0.15, 0.2) is 0 Å². The summed E-state index contributed by atoms with van der Waals surface area (Å²) in [6, 6.07) is 0. The highest BCUT2D eigenvalue weighted by atomic mass is 32.2. The maximum absolute atomic E-state index is 11.6. The van der Waals surface area contributed by atoms with E-state index in [0.717, 1.165) is 0 Å². The Morgan fingerprint density at radius 1 is 1.40 bits per heavy atom. The lowest BCUT2D eigenvalue weighted by Crippen LogP contribution is -2.45. The van der Waals surface area contributed by atoms with Crippen LogP contribution in [0.25, 0.3) is 0 Å². The molecule has 0 saturated carbocycles. The summed E-state index contributed by atoms with van der Waals surface area (Å²) >= 11 is 0. The third-order valence-corrected chi connectivity index (χ3v) is 4.39. The van der Waals surface area contributed by atoms with Gasteiger partial charge in [-0.2, -0.15) is 12.7 Å². The van der Waals surface area contributed by atoms with Crippen molar-refractivity contribution < 1.29 is 13.2 Å². The number of hydrogen-bond acceptors (Lipinski definition) is 3. The molecule has 0 aromatic rings. The highest BCUT2D eigenvalue weighted by Gasteiger charge is 2.28. The molecular weight excluding hydrogens is 216 g/mol. The lowest BCUT2D eigenvalue weighted by Gasteiger charge is -2.29. The van der Waals surface area contributed by atoms with Gasteiger partial charge in [0, 0.05) is 25.6 Å². The molecule has 1 N–H and O–H groups in total. The summed E-state index contributed by atoms with van der Waals surface area (Å²) in [5, 5.41) is 0. The summed E-state index contributed by atoms with van der Waals surface area (Å²) in [6.45, 7) is 4.60. The van der Waals surface area contributed by atoms with E-state index in [-0.39, 0.29) is 11.7 Å². The molecule has 6 heteroatoms. The predicted octanol–water partition coefficient (Wildman–Crippen LogP) is 0.142. The van der Waals surface area contributed by atoms with Crippen molar-refractivity contribution in [1.29, 1.82) is 0 Å². The number of carbonyl (C=O) groups is 1. The Hall–Kier alpha value is -0.460. The van der Waals surface area contributed by atoms with Gasteiger partial charge in [-0.05, 0) is 19.8 Å². The van der Waals surface area contributed by atoms with Crippen LogP contribution >= 0.6 is 0 Å². The minimum absolute atomic E-state index is 0.0399. The van der Waals surface area contributed by atoms with Crippen molar-refractivity contribution in [2.24, 2.45) is 5.92 Å². The van der Waals surface area contributed by atoms with Crippen LogP contribution in [0.15, 0.2) is 0 Å². The average molecular weight is 234 g/mol. The van der Waals surface area contributed by atoms with Gasteiger partial charge >= 0.3 is 0 Å². The molecule has 0 radical (unpaired) electrons. The molecule has 0 bridgehead atoms. The fraction of sp³-hybridized carbons (Fsp3) is 0.889. The lowest BCUT2D eigenvalue weighted by molar-refractivity contribution is -0.121. The fourth-order valence-electron chi connectivity index (χ4n) is 1.78. The zero-order valence-electron chi connectivity index (χ0n) is 9.19. The van der Waals surface area contributed by atoms with Crippen LogP contribution in [-0.2, 0) is 15.0 Å². The molecule has 5 nitrogen and oxygen atoms in total. The molecule has 0 unspecified atom stereocenters. The Morgan fingerprint density at radius 2 is 1.93 bits per heavy atom. The number of Topliss-reactive ketones (excluding diaryl/α,β-unsaturated/α-hetero) is 1. The Balaban J connectivity index is 2.54. The number of hydrogen-bond donors (Lipinski definition) is 1. The van der Waals surface area contributed by atoms with Crippen LogP contribution in [0.3, 0.4) is 0 Å². The van der Waals surface area contributed by atoms with E-state index in [4.69, 9.17) is 0 Å². The molecule has 1 heterocycles. The second-order valence-corrected chi connectivity index (χ2v) is 5.54. The molecule has 0 spiro atoms. The van der Waals surface area contributed by atoms with Crippen molar-refractivity contribution in [2.75, 3.05) is 19.6 Å². The monoisotopic (exact) mass is 234 g/mol. The van der Waals surface area contributed by atoms with Gasteiger partial charge in [0.25, 0.3) is 10.2 Å². The Labute approximate surface area is 91.0 Å². The van der Waals surface area contributed by atoms with Crippen molar-refractivity contribution in [1.82, 2.24) is 9.03 Å². The summed E-state index contributed by atoms with van der Waals surface area (Å²) in [6.07, 6.45) is 1.28. The Kier molecular flexibility index (Phi) is 4.24. The zero-order valence-corrected chi connectivity index (χ0v) is 10.0. The first-order chi connectivity index (χ1) is 6.97. The molecule has 0 aromatic heterocycles. The molecule has 0 atom stereocenters. The van der Waals surface area contributed by atoms with Crippen LogP contribution in [0.2, 0.25) is 0 Å². The van der Waals surface area contributed by atoms with Gasteiger partial charge in [-0.15, -0.1) is 0 Å². The van der Waals surface area contributed by atoms with Gasteiger partial charge < -0.3 is 0 Å². The zero-order chi connectivity index (χ0) is 11.5. The molecule has 1 aliphatic heterocycles. The quantitative estimate of drug-likeness (QED) is 0.752. The lowest BCUT2D eigenvalue weighted by atomic mass is 9.95. The van der Waals surface area contributed by atoms with Gasteiger partial charge in [0.05, 0.1) is 0 Å². The fourth-order valence-corrected chi connectivity index (χ4v) is 3.02. The average Bonchev–Trinajstić information content (AvgIpc) is 2.18. The number of piperidine rings is 1. The Morgan fingerprint density at radius 3 is 2.33 bits per heavy atom. The number of nitrogens with zero attached hydrogens (tertiary/aromatic N) is 1. The number of nitrogens with one attached hydrogen (secondary N) is 1. The summed E-state index contributed by atoms with van der Waals surface area (Å²) in [4.78, 5) is 11.1. The molecule has 0 aromatic carbocycles. The SMILES string of the molecule is CCNS(=O)(=O)N1CCC(C(C)=O)CC1. The first kappa shape index (κ1) is 12.6. The largest absolute Gasteiger partial charge is 0.300 e. The molecule has 1 fully saturated rings. The van der Waals surface area contributed by atoms with E-state index in [2.05, 4.69) is 4.72 Å². The van der Waals surface area contributed by atoms with E-state index in [1.807, 2.05) is 0 Å². The predicted molar refractivity (Wildman–Crippen MR) is 57.6 cm³/mol. The normalized spacial score (nSPS) is 20.4. The van der Waals surface area contributed by atoms with E-state index < -0.39 is 10.2 Å². The van der Waals surface area contributed by atoms with Gasteiger partial charge in [-0.25, -0.2) is 4.72 Å². The van der Waals surface area contributed by atoms with Crippen molar-refractivity contribution in [3.8, 4) is 0 Å². The maximum Gasteiger partial charge on any atom is 0.279 e. The Bertz CT molecular complexity index is 318. The van der Waals surface area contributed by atoms with Gasteiger partial charge in [-0.1, -0.05) is 6.92 Å². The highest BCUT2D eigenvalue weighted by Crippen LogP contribution is 2.19. The maximum atomic E-state index is 11.6. The van der Waals surface area contributed by atoms with E-state index in [1.165, 1.54) is 4.31 Å². The van der Waals surface area contributed by atoms with Crippen LogP contribution in [0.1, 0.15) is 26.7 Å². The van der Waals surface area contributed by atoms with Crippen molar-refractivity contribution >= 4 is 16.0 Å². The third-order valence-electron chi connectivity index (χ3n) is 2.70. The van der Waals surface area contributed by atoms with Gasteiger partial charge in [0.2, 0.25) is 0 Å². The molecule has 0 amide bonds. The van der Waals surface area contributed by atoms with E-state index in [0.29, 0.717) is 32.5 Å². The summed E-state index contributed by atoms with van der Waals surface area (Å²) in [7, 11) is -3.31. The number of ketones is 1. The minimum atomic E-state index is -3.31. The van der Waals surface area contributed by atoms with Crippen LogP contribution in [0.5, 0.6) is 0 Å². The second-order valence-electron chi connectivity index (χ2n) is 3.79. The van der Waals surface area contributed by atoms with Crippen LogP contribution in [0.4, 0.5) is 0 Å². The highest BCUT2D eigenvalue weighted by molar-refractivity contribution is 7.87. The standard InChI is InChI=1S/C9H18N2O3S/c1-3-10-15(13,14)11-6-4-9(5-7-11)8(2)12/h9-10H,3-7H2,1-2H3. The minimum Gasteiger partial charge on any atom is -0.300 e. The first-order valence-corrected chi connectivity index (χ1v) is 6.66.